The molecule has 3 aromatic rings. The Morgan fingerprint density at radius 3 is 2.78 bits per heavy atom. The second kappa shape index (κ2) is 13.6. The molecule has 12 nitrogen and oxygen atoms in total. The minimum absolute atomic E-state index is 0.250. The number of carbonyl (C=O) groups is 2. The third kappa shape index (κ3) is 7.77. The molecule has 0 saturated heterocycles. The Bertz CT molecular complexity index is 1730. The SMILES string of the molecule is C=C(C)[C@H](N)C(=O)O[C@H]1C[C@H](Nc2ncncc2C(=O)c2cc([C@@H]3OCCc4ccc(Cl)cc43)c(C)s2)C[C@@H]1COS(N)(=O)=O. The molecule has 0 bridgehead atoms. The van der Waals surface area contributed by atoms with E-state index in [9.17, 15) is 18.0 Å². The molecule has 1 fully saturated rings. The first-order valence-corrected chi connectivity index (χ1v) is 16.9. The Morgan fingerprint density at radius 2 is 2.04 bits per heavy atom. The Hall–Kier alpha value is -3.24. The quantitative estimate of drug-likeness (QED) is 0.153. The largest absolute Gasteiger partial charge is 0.460 e. The van der Waals surface area contributed by atoms with Crippen LogP contribution in [0.2, 0.25) is 5.02 Å². The first kappa shape index (κ1) is 33.1. The van der Waals surface area contributed by atoms with Crippen molar-refractivity contribution in [2.24, 2.45) is 16.8 Å². The summed E-state index contributed by atoms with van der Waals surface area (Å²) in [7, 11) is -4.23. The average molecular weight is 676 g/mol. The fourth-order valence-corrected chi connectivity index (χ4v) is 7.15. The number of anilines is 1. The number of ketones is 1. The van der Waals surface area contributed by atoms with Crippen molar-refractivity contribution in [3.63, 3.8) is 0 Å². The second-order valence-electron chi connectivity index (χ2n) is 11.2. The van der Waals surface area contributed by atoms with E-state index in [1.807, 2.05) is 31.2 Å². The lowest BCUT2D eigenvalue weighted by atomic mass is 9.93. The highest BCUT2D eigenvalue weighted by atomic mass is 35.5. The molecule has 5 atom stereocenters. The third-order valence-corrected chi connectivity index (χ3v) is 9.70. The topological polar surface area (TPSA) is 186 Å². The van der Waals surface area contributed by atoms with Crippen LogP contribution >= 0.6 is 22.9 Å². The first-order chi connectivity index (χ1) is 21.3. The van der Waals surface area contributed by atoms with Crippen LogP contribution in [-0.2, 0) is 35.2 Å². The van der Waals surface area contributed by atoms with Gasteiger partial charge in [0.25, 0.3) is 0 Å². The number of aryl methyl sites for hydroxylation is 1. The third-order valence-electron chi connectivity index (χ3n) is 7.94. The number of ether oxygens (including phenoxy) is 2. The molecule has 0 spiro atoms. The fraction of sp³-hybridized carbons (Fsp3) is 0.400. The van der Waals surface area contributed by atoms with Crippen molar-refractivity contribution in [1.82, 2.24) is 9.97 Å². The normalized spacial score (nSPS) is 22.0. The molecular formula is C30H34ClN5O7S2. The van der Waals surface area contributed by atoms with Gasteiger partial charge in [0.1, 0.15) is 30.4 Å². The summed E-state index contributed by atoms with van der Waals surface area (Å²) in [5, 5.41) is 8.91. The van der Waals surface area contributed by atoms with Gasteiger partial charge in [-0.05, 0) is 61.6 Å². The zero-order valence-electron chi connectivity index (χ0n) is 24.7. The minimum Gasteiger partial charge on any atom is -0.460 e. The molecule has 1 aliphatic carbocycles. The number of rotatable bonds is 11. The van der Waals surface area contributed by atoms with Gasteiger partial charge in [0, 0.05) is 34.5 Å². The molecule has 1 aromatic carbocycles. The number of nitrogens with zero attached hydrogens (tertiary/aromatic N) is 2. The van der Waals surface area contributed by atoms with Crippen LogP contribution in [0.3, 0.4) is 0 Å². The summed E-state index contributed by atoms with van der Waals surface area (Å²) in [5.41, 5.74) is 9.59. The number of nitrogens with two attached hydrogens (primary N) is 2. The number of hydrogen-bond acceptors (Lipinski definition) is 12. The molecule has 2 aromatic heterocycles. The van der Waals surface area contributed by atoms with Crippen molar-refractivity contribution >= 4 is 50.8 Å². The van der Waals surface area contributed by atoms with E-state index < -0.39 is 34.3 Å². The maximum Gasteiger partial charge on any atom is 0.333 e. The van der Waals surface area contributed by atoms with E-state index in [1.165, 1.54) is 23.9 Å². The lowest BCUT2D eigenvalue weighted by Crippen LogP contribution is -2.37. The first-order valence-electron chi connectivity index (χ1n) is 14.2. The molecule has 15 heteroatoms. The zero-order valence-corrected chi connectivity index (χ0v) is 27.1. The van der Waals surface area contributed by atoms with E-state index >= 15 is 0 Å². The van der Waals surface area contributed by atoms with Gasteiger partial charge in [0.05, 0.1) is 23.7 Å². The standard InChI is InChI=1S/C30H34ClN5O7S2/c1-15(2)26(32)30(38)43-24-10-20(8-18(24)13-42-45(33,39)40)36-29-23(12-34-14-35-29)27(37)25-11-21(16(3)44-25)28-22-9-19(31)5-4-17(22)6-7-41-28/h4-5,9,11-12,14,18,20,24,26,28H,1,6-8,10,13,32H2,2-3H3,(H2,33,39,40)(H,34,35,36)/t18-,20-,24+,26+,28+/m1/s1. The van der Waals surface area contributed by atoms with Crippen LogP contribution in [0.4, 0.5) is 5.82 Å². The summed E-state index contributed by atoms with van der Waals surface area (Å²) in [6.07, 6.45) is 3.06. The maximum atomic E-state index is 13.9. The molecule has 240 valence electrons. The van der Waals surface area contributed by atoms with Gasteiger partial charge in [-0.2, -0.15) is 8.42 Å². The van der Waals surface area contributed by atoms with Crippen LogP contribution in [-0.4, -0.2) is 61.5 Å². The van der Waals surface area contributed by atoms with Crippen LogP contribution in [0.1, 0.15) is 62.7 Å². The van der Waals surface area contributed by atoms with Gasteiger partial charge >= 0.3 is 16.3 Å². The number of hydrogen-bond donors (Lipinski definition) is 3. The lowest BCUT2D eigenvalue weighted by Gasteiger charge is -2.26. The van der Waals surface area contributed by atoms with Gasteiger partial charge in [0.2, 0.25) is 5.78 Å². The number of esters is 1. The molecule has 1 aliphatic heterocycles. The van der Waals surface area contributed by atoms with Crippen LogP contribution in [0.5, 0.6) is 0 Å². The average Bonchev–Trinajstić information content (AvgIpc) is 3.57. The van der Waals surface area contributed by atoms with E-state index in [0.717, 1.165) is 28.0 Å². The number of halogens is 1. The maximum absolute atomic E-state index is 13.9. The highest BCUT2D eigenvalue weighted by molar-refractivity contribution is 7.84. The number of aromatic nitrogens is 2. The molecule has 5 N–H and O–H groups in total. The van der Waals surface area contributed by atoms with Gasteiger partial charge < -0.3 is 20.5 Å². The van der Waals surface area contributed by atoms with E-state index in [0.29, 0.717) is 28.5 Å². The smallest absolute Gasteiger partial charge is 0.333 e. The van der Waals surface area contributed by atoms with Crippen molar-refractivity contribution < 1.29 is 31.7 Å². The minimum atomic E-state index is -4.23. The van der Waals surface area contributed by atoms with E-state index in [2.05, 4.69) is 21.9 Å². The monoisotopic (exact) mass is 675 g/mol. The zero-order chi connectivity index (χ0) is 32.5. The predicted molar refractivity (Wildman–Crippen MR) is 169 cm³/mol. The van der Waals surface area contributed by atoms with Crippen LogP contribution < -0.4 is 16.2 Å². The summed E-state index contributed by atoms with van der Waals surface area (Å²) >= 11 is 7.65. The van der Waals surface area contributed by atoms with Gasteiger partial charge in [0.15, 0.2) is 0 Å². The number of benzene rings is 1. The van der Waals surface area contributed by atoms with Crippen LogP contribution in [0.25, 0.3) is 0 Å². The lowest BCUT2D eigenvalue weighted by molar-refractivity contribution is -0.151. The number of thiophene rings is 1. The summed E-state index contributed by atoms with van der Waals surface area (Å²) in [6.45, 7) is 7.49. The molecule has 2 aliphatic rings. The fourth-order valence-electron chi connectivity index (χ4n) is 5.61. The molecular weight excluding hydrogens is 642 g/mol. The highest BCUT2D eigenvalue weighted by Crippen LogP contribution is 2.39. The van der Waals surface area contributed by atoms with E-state index in [-0.39, 0.29) is 42.3 Å². The summed E-state index contributed by atoms with van der Waals surface area (Å²) in [5.74, 6) is -1.21. The van der Waals surface area contributed by atoms with Crippen molar-refractivity contribution in [2.45, 2.75) is 57.4 Å². The van der Waals surface area contributed by atoms with Crippen LogP contribution in [0.15, 0.2) is 48.9 Å². The molecule has 5 rings (SSSR count). The van der Waals surface area contributed by atoms with Crippen molar-refractivity contribution in [3.8, 4) is 0 Å². The molecule has 0 radical (unpaired) electrons. The highest BCUT2D eigenvalue weighted by Gasteiger charge is 2.39. The molecule has 45 heavy (non-hydrogen) atoms. The van der Waals surface area contributed by atoms with Gasteiger partial charge in [-0.15, -0.1) is 11.3 Å². The van der Waals surface area contributed by atoms with Crippen molar-refractivity contribution in [1.29, 1.82) is 0 Å². The van der Waals surface area contributed by atoms with E-state index in [4.69, 9.17) is 36.1 Å². The molecule has 3 heterocycles. The predicted octanol–water partition coefficient (Wildman–Crippen LogP) is 3.62. The van der Waals surface area contributed by atoms with Gasteiger partial charge in [-0.3, -0.25) is 8.98 Å². The Kier molecular flexibility index (Phi) is 10.0. The number of nitrogens with one attached hydrogen (secondary N) is 1. The Balaban J connectivity index is 1.36. The second-order valence-corrected chi connectivity index (χ2v) is 14.1. The van der Waals surface area contributed by atoms with E-state index in [1.54, 1.807) is 6.92 Å². The van der Waals surface area contributed by atoms with Crippen LogP contribution in [0, 0.1) is 12.8 Å². The Morgan fingerprint density at radius 1 is 1.27 bits per heavy atom. The van der Waals surface area contributed by atoms with Gasteiger partial charge in [-0.1, -0.05) is 29.8 Å². The molecule has 1 saturated carbocycles. The molecule has 0 unspecified atom stereocenters. The van der Waals surface area contributed by atoms with Crippen molar-refractivity contribution in [3.05, 3.63) is 86.0 Å². The van der Waals surface area contributed by atoms with Gasteiger partial charge in [-0.25, -0.2) is 19.9 Å². The summed E-state index contributed by atoms with van der Waals surface area (Å²) < 4.78 is 39.6. The summed E-state index contributed by atoms with van der Waals surface area (Å²) in [6, 6.07) is 6.23. The Labute approximate surface area is 270 Å². The number of fused-ring (bicyclic) bond motifs is 1. The summed E-state index contributed by atoms with van der Waals surface area (Å²) in [4.78, 5) is 36.3. The molecule has 0 amide bonds. The van der Waals surface area contributed by atoms with Crippen molar-refractivity contribution in [2.75, 3.05) is 18.5 Å². The number of carbonyl (C=O) groups excluding carboxylic acids is 2.